The van der Waals surface area contributed by atoms with Gasteiger partial charge in [0.25, 0.3) is 12.3 Å². The molecule has 0 saturated heterocycles. The normalized spacial score (nSPS) is 7.60. The Morgan fingerprint density at radius 2 is 1.20 bits per heavy atom. The van der Waals surface area contributed by atoms with E-state index in [1.54, 1.807) is 0 Å². The minimum atomic E-state index is -1.44. The van der Waals surface area contributed by atoms with Crippen molar-refractivity contribution in [1.82, 2.24) is 0 Å². The molecule has 0 aliphatic rings. The van der Waals surface area contributed by atoms with E-state index in [1.165, 1.54) is 0 Å². The summed E-state index contributed by atoms with van der Waals surface area (Å²) in [6.07, 6.45) is -1.48. The minimum absolute atomic E-state index is 0. The van der Waals surface area contributed by atoms with Crippen LogP contribution in [0.3, 0.4) is 0 Å². The molecule has 0 aromatic carbocycles. The fourth-order valence-electron chi connectivity index (χ4n) is 0.371. The maximum Gasteiger partial charge on any atom is 2.00 e. The second-order valence-corrected chi connectivity index (χ2v) is 2.20. The van der Waals surface area contributed by atoms with Gasteiger partial charge in [0.1, 0.15) is 0 Å². The van der Waals surface area contributed by atoms with Gasteiger partial charge >= 0.3 is 23.9 Å². The number of rotatable bonds is 4. The summed E-state index contributed by atoms with van der Waals surface area (Å²) in [5.74, 6) is 0. The van der Waals surface area contributed by atoms with Crippen molar-refractivity contribution in [2.24, 2.45) is 0 Å². The molecule has 0 amide bonds. The van der Waals surface area contributed by atoms with Crippen molar-refractivity contribution >= 4 is 36.2 Å². The maximum absolute atomic E-state index is 9.42. The third kappa shape index (κ3) is 31.8. The summed E-state index contributed by atoms with van der Waals surface area (Å²) in [6.45, 7) is 4.12. The Balaban J connectivity index is -0.000000180. The van der Waals surface area contributed by atoms with Crippen LogP contribution in [0.15, 0.2) is 0 Å². The molecule has 0 heterocycles. The van der Waals surface area contributed by atoms with Crippen LogP contribution in [0.2, 0.25) is 0 Å². The van der Waals surface area contributed by atoms with Crippen molar-refractivity contribution in [2.45, 2.75) is 26.7 Å². The Morgan fingerprint density at radius 1 is 0.933 bits per heavy atom. The van der Waals surface area contributed by atoms with Crippen LogP contribution in [-0.4, -0.2) is 49.4 Å². The zero-order valence-corrected chi connectivity index (χ0v) is 11.6. The zero-order valence-electron chi connectivity index (χ0n) is 8.78. The number of hydrogen-bond acceptors (Lipinski definition) is 6. The van der Waals surface area contributed by atoms with Crippen LogP contribution in [0, 0.1) is 0 Å². The maximum atomic E-state index is 9.42. The van der Waals surface area contributed by atoms with E-state index in [0.29, 0.717) is 12.8 Å². The molecule has 0 aliphatic heterocycles. The number of ether oxygens (including phenoxy) is 2. The van der Waals surface area contributed by atoms with E-state index in [1.807, 2.05) is 13.8 Å². The third-order valence-electron chi connectivity index (χ3n) is 0.848. The largest absolute Gasteiger partial charge is 2.00 e. The Morgan fingerprint density at radius 3 is 1.27 bits per heavy atom. The van der Waals surface area contributed by atoms with Crippen LogP contribution >= 0.6 is 0 Å². The Bertz CT molecular complexity index is 143. The molecular weight excluding hydrogens is 311 g/mol. The predicted octanol–water partition coefficient (Wildman–Crippen LogP) is -0.868. The molecule has 0 atom stereocenters. The van der Waals surface area contributed by atoms with Crippen molar-refractivity contribution in [3.05, 3.63) is 0 Å². The van der Waals surface area contributed by atoms with Crippen molar-refractivity contribution < 1.29 is 29.3 Å². The van der Waals surface area contributed by atoms with Crippen molar-refractivity contribution in [2.75, 3.05) is 13.2 Å². The van der Waals surface area contributed by atoms with E-state index >= 15 is 0 Å². The molecule has 86 valence electrons. The minimum Gasteiger partial charge on any atom is -0.550 e. The van der Waals surface area contributed by atoms with Crippen molar-refractivity contribution in [1.29, 1.82) is 0 Å². The van der Waals surface area contributed by atoms with Gasteiger partial charge in [-0.3, -0.25) is 0 Å². The zero-order chi connectivity index (χ0) is 11.4. The monoisotopic (exact) mass is 326 g/mol. The first-order chi connectivity index (χ1) is 6.54. The summed E-state index contributed by atoms with van der Waals surface area (Å²) in [5.41, 5.74) is 0. The molecule has 0 unspecified atom stereocenters. The summed E-state index contributed by atoms with van der Waals surface area (Å²) in [6, 6.07) is 0. The van der Waals surface area contributed by atoms with E-state index in [4.69, 9.17) is 0 Å². The third-order valence-corrected chi connectivity index (χ3v) is 0.848. The molecule has 0 aliphatic carbocycles. The van der Waals surface area contributed by atoms with Crippen LogP contribution in [0.1, 0.15) is 26.7 Å². The van der Waals surface area contributed by atoms with Gasteiger partial charge in [-0.1, -0.05) is 13.8 Å². The topological polar surface area (TPSA) is 98.7 Å². The molecule has 0 aromatic rings. The molecule has 6 nitrogen and oxygen atoms in total. The quantitative estimate of drug-likeness (QED) is 0.492. The Kier molecular flexibility index (Phi) is 20.9. The van der Waals surface area contributed by atoms with E-state index in [-0.39, 0.29) is 37.1 Å². The van der Waals surface area contributed by atoms with Crippen molar-refractivity contribution in [3.63, 3.8) is 0 Å². The summed E-state index contributed by atoms with van der Waals surface area (Å²) in [5, 5.41) is 18.8. The Labute approximate surface area is 106 Å². The predicted molar refractivity (Wildman–Crippen MR) is 49.0 cm³/mol. The number of carbonyl (C=O) groups excluding carboxylic acids is 2. The smallest absolute Gasteiger partial charge is 0.550 e. The number of carbonyl (C=O) groups is 2. The van der Waals surface area contributed by atoms with Gasteiger partial charge in [-0.15, -0.1) is 0 Å². The van der Waals surface area contributed by atoms with Crippen LogP contribution in [0.4, 0.5) is 9.59 Å². The summed E-state index contributed by atoms with van der Waals surface area (Å²) < 4.78 is 7.99. The van der Waals surface area contributed by atoms with E-state index in [9.17, 15) is 19.8 Å². The SMILES string of the molecule is CCCOC(=O)[O-].CCCOC(=O)[O-].[Sn+2]. The van der Waals surface area contributed by atoms with Crippen LogP contribution in [0.5, 0.6) is 0 Å². The standard InChI is InChI=1S/2C4H8O3.Sn/c2*1-2-3-7-4(5)6;/h2*2-3H2,1H3,(H,5,6);/q;;+2/p-2. The molecular formula is C8H14O6Sn. The first-order valence-corrected chi connectivity index (χ1v) is 4.22. The van der Waals surface area contributed by atoms with E-state index in [0.717, 1.165) is 0 Å². The molecule has 0 N–H and O–H groups in total. The molecule has 0 rings (SSSR count). The van der Waals surface area contributed by atoms with Crippen LogP contribution in [0.25, 0.3) is 0 Å². The molecule has 0 spiro atoms. The van der Waals surface area contributed by atoms with Crippen LogP contribution in [-0.2, 0) is 9.47 Å². The summed E-state index contributed by atoms with van der Waals surface area (Å²) >= 11 is 0. The molecule has 0 aromatic heterocycles. The first-order valence-electron chi connectivity index (χ1n) is 4.22. The number of hydrogen-bond donors (Lipinski definition) is 0. The Hall–Kier alpha value is -0.661. The van der Waals surface area contributed by atoms with Gasteiger partial charge in [-0.25, -0.2) is 0 Å². The molecule has 15 heavy (non-hydrogen) atoms. The second-order valence-electron chi connectivity index (χ2n) is 2.20. The fraction of sp³-hybridized carbons (Fsp3) is 0.750. The summed E-state index contributed by atoms with van der Waals surface area (Å²) in [4.78, 5) is 18.8. The van der Waals surface area contributed by atoms with Gasteiger partial charge in [-0.2, -0.15) is 0 Å². The molecule has 7 heteroatoms. The molecule has 0 fully saturated rings. The van der Waals surface area contributed by atoms with Gasteiger partial charge in [0, 0.05) is 13.2 Å². The molecule has 0 saturated carbocycles. The average Bonchev–Trinajstić information content (AvgIpc) is 2.12. The summed E-state index contributed by atoms with van der Waals surface area (Å²) in [7, 11) is 0. The van der Waals surface area contributed by atoms with Crippen molar-refractivity contribution in [3.8, 4) is 0 Å². The van der Waals surface area contributed by atoms with Gasteiger partial charge in [-0.05, 0) is 12.8 Å². The van der Waals surface area contributed by atoms with Gasteiger partial charge in [0.05, 0.1) is 0 Å². The van der Waals surface area contributed by atoms with E-state index < -0.39 is 12.3 Å². The average molecular weight is 325 g/mol. The number of carboxylic acid groups (broad SMARTS) is 2. The first kappa shape index (κ1) is 19.8. The van der Waals surface area contributed by atoms with Crippen LogP contribution < -0.4 is 10.2 Å². The van der Waals surface area contributed by atoms with E-state index in [2.05, 4.69) is 9.47 Å². The second kappa shape index (κ2) is 15.8. The fourth-order valence-corrected chi connectivity index (χ4v) is 0.371. The molecule has 0 bridgehead atoms. The van der Waals surface area contributed by atoms with Gasteiger partial charge in [0.2, 0.25) is 0 Å². The van der Waals surface area contributed by atoms with Gasteiger partial charge < -0.3 is 29.3 Å². The van der Waals surface area contributed by atoms with Gasteiger partial charge in [0.15, 0.2) is 0 Å². The molecule has 2 radical (unpaired) electrons.